The van der Waals surface area contributed by atoms with Crippen LogP contribution in [0.4, 0.5) is 5.69 Å². The second-order valence-corrected chi connectivity index (χ2v) is 7.62. The summed E-state index contributed by atoms with van der Waals surface area (Å²) in [4.78, 5) is 16.2. The van der Waals surface area contributed by atoms with Crippen LogP contribution in [0.3, 0.4) is 0 Å². The highest BCUT2D eigenvalue weighted by molar-refractivity contribution is 8.00. The molecule has 0 spiro atoms. The van der Waals surface area contributed by atoms with E-state index in [0.717, 1.165) is 24.3 Å². The SMILES string of the molecule is C[C@@H]1CCN(C(=O)c2ccc(-n3cccn3)cc2)c2ccccc2S1. The summed E-state index contributed by atoms with van der Waals surface area (Å²) in [5, 5.41) is 4.72. The highest BCUT2D eigenvalue weighted by atomic mass is 32.2. The van der Waals surface area contributed by atoms with Crippen molar-refractivity contribution in [3.63, 3.8) is 0 Å². The molecule has 0 fully saturated rings. The number of aromatic nitrogens is 2. The zero-order valence-corrected chi connectivity index (χ0v) is 14.8. The lowest BCUT2D eigenvalue weighted by Crippen LogP contribution is -2.32. The minimum absolute atomic E-state index is 0.0502. The van der Waals surface area contributed by atoms with Crippen LogP contribution < -0.4 is 4.90 Å². The third-order valence-electron chi connectivity index (χ3n) is 4.37. The molecule has 0 unspecified atom stereocenters. The van der Waals surface area contributed by atoms with Crippen molar-refractivity contribution >= 4 is 23.4 Å². The van der Waals surface area contributed by atoms with Crippen molar-refractivity contribution in [3.8, 4) is 5.69 Å². The van der Waals surface area contributed by atoms with Gasteiger partial charge in [-0.25, -0.2) is 4.68 Å². The number of amides is 1. The summed E-state index contributed by atoms with van der Waals surface area (Å²) in [6, 6.07) is 17.7. The van der Waals surface area contributed by atoms with Gasteiger partial charge in [0.25, 0.3) is 5.91 Å². The van der Waals surface area contributed by atoms with Crippen molar-refractivity contribution in [2.24, 2.45) is 0 Å². The Balaban J connectivity index is 1.64. The van der Waals surface area contributed by atoms with Crippen LogP contribution in [-0.2, 0) is 0 Å². The molecule has 0 aliphatic carbocycles. The molecule has 3 aromatic rings. The Labute approximate surface area is 151 Å². The average molecular weight is 349 g/mol. The van der Waals surface area contributed by atoms with Crippen molar-refractivity contribution in [1.82, 2.24) is 9.78 Å². The molecule has 0 saturated heterocycles. The Morgan fingerprint density at radius 1 is 1.12 bits per heavy atom. The van der Waals surface area contributed by atoms with E-state index in [1.165, 1.54) is 4.90 Å². The molecule has 2 heterocycles. The number of thioether (sulfide) groups is 1. The highest BCUT2D eigenvalue weighted by Gasteiger charge is 2.24. The number of para-hydroxylation sites is 1. The zero-order valence-electron chi connectivity index (χ0n) is 14.0. The number of hydrogen-bond donors (Lipinski definition) is 0. The maximum atomic E-state index is 13.1. The predicted octanol–water partition coefficient (Wildman–Crippen LogP) is 4.40. The van der Waals surface area contributed by atoms with Crippen LogP contribution in [0.1, 0.15) is 23.7 Å². The van der Waals surface area contributed by atoms with Gasteiger partial charge in [0.15, 0.2) is 0 Å². The Bertz CT molecular complexity index is 874. The van der Waals surface area contributed by atoms with Gasteiger partial charge in [-0.05, 0) is 48.9 Å². The molecule has 0 bridgehead atoms. The fraction of sp³-hybridized carbons (Fsp3) is 0.200. The van der Waals surface area contributed by atoms with Crippen LogP contribution in [0.5, 0.6) is 0 Å². The van der Waals surface area contributed by atoms with Crippen LogP contribution in [0, 0.1) is 0 Å². The van der Waals surface area contributed by atoms with Gasteiger partial charge in [0, 0.05) is 34.6 Å². The predicted molar refractivity (Wildman–Crippen MR) is 102 cm³/mol. The number of hydrogen-bond acceptors (Lipinski definition) is 3. The van der Waals surface area contributed by atoms with E-state index >= 15 is 0 Å². The first-order chi connectivity index (χ1) is 12.2. The first-order valence-electron chi connectivity index (χ1n) is 8.40. The van der Waals surface area contributed by atoms with Gasteiger partial charge in [-0.3, -0.25) is 4.79 Å². The standard InChI is InChI=1S/C20H19N3OS/c1-15-11-14-22(18-5-2-3-6-19(18)25-15)20(24)16-7-9-17(10-8-16)23-13-4-12-21-23/h2-10,12-13,15H,11,14H2,1H3/t15-/m1/s1. The molecule has 0 N–H and O–H groups in total. The van der Waals surface area contributed by atoms with Gasteiger partial charge in [0.05, 0.1) is 11.4 Å². The maximum absolute atomic E-state index is 13.1. The summed E-state index contributed by atoms with van der Waals surface area (Å²) in [6.07, 6.45) is 4.61. The molecule has 1 atom stereocenters. The van der Waals surface area contributed by atoms with Gasteiger partial charge in [0.1, 0.15) is 0 Å². The fourth-order valence-corrected chi connectivity index (χ4v) is 4.14. The summed E-state index contributed by atoms with van der Waals surface area (Å²) in [7, 11) is 0. The Morgan fingerprint density at radius 3 is 2.68 bits per heavy atom. The topological polar surface area (TPSA) is 38.1 Å². The van der Waals surface area contributed by atoms with Gasteiger partial charge in [-0.1, -0.05) is 19.1 Å². The molecular weight excluding hydrogens is 330 g/mol. The van der Waals surface area contributed by atoms with Gasteiger partial charge in [-0.2, -0.15) is 5.10 Å². The number of carbonyl (C=O) groups is 1. The van der Waals surface area contributed by atoms with Crippen LogP contribution in [0.15, 0.2) is 71.9 Å². The number of benzene rings is 2. The number of fused-ring (bicyclic) bond motifs is 1. The van der Waals surface area contributed by atoms with Crippen molar-refractivity contribution in [2.75, 3.05) is 11.4 Å². The van der Waals surface area contributed by atoms with E-state index in [1.807, 2.05) is 71.4 Å². The van der Waals surface area contributed by atoms with Gasteiger partial charge in [0.2, 0.25) is 0 Å². The van der Waals surface area contributed by atoms with Crippen LogP contribution in [0.25, 0.3) is 5.69 Å². The zero-order chi connectivity index (χ0) is 17.2. The molecule has 1 aliphatic heterocycles. The third-order valence-corrected chi connectivity index (χ3v) is 5.61. The molecule has 1 amide bonds. The summed E-state index contributed by atoms with van der Waals surface area (Å²) in [6.45, 7) is 2.96. The highest BCUT2D eigenvalue weighted by Crippen LogP contribution is 2.37. The number of carbonyl (C=O) groups excluding carboxylic acids is 1. The Hall–Kier alpha value is -2.53. The molecule has 5 heteroatoms. The van der Waals surface area contributed by atoms with Crippen molar-refractivity contribution in [1.29, 1.82) is 0 Å². The molecule has 1 aliphatic rings. The Kier molecular flexibility index (Phi) is 4.32. The number of rotatable bonds is 2. The first kappa shape index (κ1) is 16.0. The summed E-state index contributed by atoms with van der Waals surface area (Å²) in [5.41, 5.74) is 2.66. The van der Waals surface area contributed by atoms with E-state index in [0.29, 0.717) is 10.8 Å². The third kappa shape index (κ3) is 3.20. The molecule has 0 saturated carbocycles. The molecule has 4 nitrogen and oxygen atoms in total. The van der Waals surface area contributed by atoms with Crippen molar-refractivity contribution in [2.45, 2.75) is 23.5 Å². The molecular formula is C20H19N3OS. The molecule has 1 aromatic heterocycles. The van der Waals surface area contributed by atoms with Gasteiger partial charge < -0.3 is 4.90 Å². The lowest BCUT2D eigenvalue weighted by Gasteiger charge is -2.22. The smallest absolute Gasteiger partial charge is 0.258 e. The van der Waals surface area contributed by atoms with E-state index < -0.39 is 0 Å². The largest absolute Gasteiger partial charge is 0.307 e. The minimum Gasteiger partial charge on any atom is -0.307 e. The first-order valence-corrected chi connectivity index (χ1v) is 9.28. The molecule has 4 rings (SSSR count). The number of anilines is 1. The molecule has 0 radical (unpaired) electrons. The summed E-state index contributed by atoms with van der Waals surface area (Å²) in [5.74, 6) is 0.0502. The van der Waals surface area contributed by atoms with Crippen molar-refractivity contribution in [3.05, 3.63) is 72.6 Å². The monoisotopic (exact) mass is 349 g/mol. The van der Waals surface area contributed by atoms with E-state index in [1.54, 1.807) is 10.9 Å². The summed E-state index contributed by atoms with van der Waals surface area (Å²) >= 11 is 1.84. The van der Waals surface area contributed by atoms with E-state index in [9.17, 15) is 4.79 Å². The minimum atomic E-state index is 0.0502. The van der Waals surface area contributed by atoms with Crippen molar-refractivity contribution < 1.29 is 4.79 Å². The van der Waals surface area contributed by atoms with E-state index in [4.69, 9.17) is 0 Å². The molecule has 126 valence electrons. The molecule has 2 aromatic carbocycles. The average Bonchev–Trinajstić information content (AvgIpc) is 3.12. The van der Waals surface area contributed by atoms with Gasteiger partial charge in [-0.15, -0.1) is 11.8 Å². The van der Waals surface area contributed by atoms with Gasteiger partial charge >= 0.3 is 0 Å². The lowest BCUT2D eigenvalue weighted by molar-refractivity contribution is 0.0986. The second-order valence-electron chi connectivity index (χ2n) is 6.14. The lowest BCUT2D eigenvalue weighted by atomic mass is 10.1. The fourth-order valence-electron chi connectivity index (χ4n) is 3.03. The quantitative estimate of drug-likeness (QED) is 0.688. The Morgan fingerprint density at radius 2 is 1.92 bits per heavy atom. The van der Waals surface area contributed by atoms with Crippen LogP contribution in [-0.4, -0.2) is 27.5 Å². The molecule has 25 heavy (non-hydrogen) atoms. The summed E-state index contributed by atoms with van der Waals surface area (Å²) < 4.78 is 1.79. The maximum Gasteiger partial charge on any atom is 0.258 e. The van der Waals surface area contributed by atoms with Crippen LogP contribution in [0.2, 0.25) is 0 Å². The normalized spacial score (nSPS) is 17.0. The van der Waals surface area contributed by atoms with Crippen LogP contribution >= 0.6 is 11.8 Å². The second kappa shape index (κ2) is 6.76. The number of nitrogens with zero attached hydrogens (tertiary/aromatic N) is 3. The van der Waals surface area contributed by atoms with E-state index in [-0.39, 0.29) is 5.91 Å². The van der Waals surface area contributed by atoms with E-state index in [2.05, 4.69) is 18.1 Å².